The lowest BCUT2D eigenvalue weighted by atomic mass is 9.89. The molecule has 0 bridgehead atoms. The van der Waals surface area contributed by atoms with Gasteiger partial charge in [0.2, 0.25) is 0 Å². The lowest BCUT2D eigenvalue weighted by molar-refractivity contribution is 0.380. The first kappa shape index (κ1) is 25.2. The molecular formula is C27H49N. The molecule has 0 spiro atoms. The van der Waals surface area contributed by atoms with Crippen LogP contribution < -0.4 is 0 Å². The predicted molar refractivity (Wildman–Crippen MR) is 127 cm³/mol. The molecule has 1 aromatic rings. The van der Waals surface area contributed by atoms with Gasteiger partial charge in [0.25, 0.3) is 0 Å². The third-order valence-corrected chi connectivity index (χ3v) is 6.05. The van der Waals surface area contributed by atoms with Crippen LogP contribution >= 0.6 is 0 Å². The molecule has 0 saturated carbocycles. The highest BCUT2D eigenvalue weighted by molar-refractivity contribution is 5.15. The van der Waals surface area contributed by atoms with Gasteiger partial charge in [-0.05, 0) is 45.0 Å². The molecule has 0 aromatic heterocycles. The van der Waals surface area contributed by atoms with Crippen LogP contribution in [0, 0.1) is 5.92 Å². The number of rotatable bonds is 19. The van der Waals surface area contributed by atoms with Crippen molar-refractivity contribution >= 4 is 0 Å². The Balaban J connectivity index is 2.19. The molecule has 0 aliphatic rings. The molecule has 0 aliphatic carbocycles. The van der Waals surface area contributed by atoms with Gasteiger partial charge < -0.3 is 4.90 Å². The van der Waals surface area contributed by atoms with Crippen LogP contribution in [0.3, 0.4) is 0 Å². The van der Waals surface area contributed by atoms with Crippen molar-refractivity contribution in [1.29, 1.82) is 0 Å². The first-order chi connectivity index (χ1) is 13.7. The zero-order valence-electron chi connectivity index (χ0n) is 19.4. The third kappa shape index (κ3) is 15.1. The monoisotopic (exact) mass is 387 g/mol. The fraction of sp³-hybridized carbons (Fsp3) is 0.778. The molecule has 1 nitrogen and oxygen atoms in total. The Morgan fingerprint density at radius 1 is 0.643 bits per heavy atom. The van der Waals surface area contributed by atoms with Crippen molar-refractivity contribution < 1.29 is 0 Å². The zero-order valence-corrected chi connectivity index (χ0v) is 19.4. The standard InChI is InChI=1S/C27H49N/c1-4-5-6-7-8-9-11-15-20-26(25-27-22-17-14-18-23-27)21-16-12-10-13-19-24-28(2)3/h14,17-18,22-23,26H,4-13,15-16,19-21,24-25H2,1-3H3. The normalized spacial score (nSPS) is 12.6. The Bertz CT molecular complexity index is 425. The molecule has 0 N–H and O–H groups in total. The summed E-state index contributed by atoms with van der Waals surface area (Å²) in [4.78, 5) is 2.31. The van der Waals surface area contributed by atoms with Crippen molar-refractivity contribution in [3.8, 4) is 0 Å². The van der Waals surface area contributed by atoms with E-state index < -0.39 is 0 Å². The first-order valence-electron chi connectivity index (χ1n) is 12.4. The average molecular weight is 388 g/mol. The van der Waals surface area contributed by atoms with E-state index in [1.807, 2.05) is 0 Å². The van der Waals surface area contributed by atoms with Gasteiger partial charge in [-0.2, -0.15) is 0 Å². The molecule has 1 rings (SSSR count). The van der Waals surface area contributed by atoms with Crippen LogP contribution in [0.25, 0.3) is 0 Å². The van der Waals surface area contributed by atoms with Crippen molar-refractivity contribution in [3.05, 3.63) is 35.9 Å². The summed E-state index contributed by atoms with van der Waals surface area (Å²) < 4.78 is 0. The van der Waals surface area contributed by atoms with E-state index in [0.717, 1.165) is 5.92 Å². The third-order valence-electron chi connectivity index (χ3n) is 6.05. The number of hydrogen-bond acceptors (Lipinski definition) is 1. The van der Waals surface area contributed by atoms with E-state index in [4.69, 9.17) is 0 Å². The van der Waals surface area contributed by atoms with E-state index in [9.17, 15) is 0 Å². The van der Waals surface area contributed by atoms with Gasteiger partial charge >= 0.3 is 0 Å². The van der Waals surface area contributed by atoms with E-state index in [-0.39, 0.29) is 0 Å². The number of nitrogens with zero attached hydrogens (tertiary/aromatic N) is 1. The highest BCUT2D eigenvalue weighted by Gasteiger charge is 2.10. The quantitative estimate of drug-likeness (QED) is 0.216. The lowest BCUT2D eigenvalue weighted by Crippen LogP contribution is -2.12. The second-order valence-corrected chi connectivity index (χ2v) is 9.18. The zero-order chi connectivity index (χ0) is 20.3. The molecular weight excluding hydrogens is 338 g/mol. The Hall–Kier alpha value is -0.820. The van der Waals surface area contributed by atoms with Gasteiger partial charge in [-0.1, -0.05) is 127 Å². The van der Waals surface area contributed by atoms with Crippen LogP contribution in [-0.2, 0) is 6.42 Å². The molecule has 1 atom stereocenters. The minimum atomic E-state index is 0.893. The topological polar surface area (TPSA) is 3.24 Å². The molecule has 1 heteroatoms. The van der Waals surface area contributed by atoms with E-state index >= 15 is 0 Å². The molecule has 0 fully saturated rings. The minimum absolute atomic E-state index is 0.893. The fourth-order valence-corrected chi connectivity index (χ4v) is 4.25. The van der Waals surface area contributed by atoms with Crippen molar-refractivity contribution in [2.24, 2.45) is 5.92 Å². The maximum Gasteiger partial charge on any atom is -0.00248 e. The largest absolute Gasteiger partial charge is 0.309 e. The van der Waals surface area contributed by atoms with Crippen molar-refractivity contribution in [3.63, 3.8) is 0 Å². The highest BCUT2D eigenvalue weighted by atomic mass is 15.0. The van der Waals surface area contributed by atoms with Crippen molar-refractivity contribution in [2.75, 3.05) is 20.6 Å². The second kappa shape index (κ2) is 18.2. The molecule has 28 heavy (non-hydrogen) atoms. The molecule has 0 amide bonds. The number of unbranched alkanes of at least 4 members (excludes halogenated alkanes) is 11. The summed E-state index contributed by atoms with van der Waals surface area (Å²) in [5.74, 6) is 0.893. The van der Waals surface area contributed by atoms with Gasteiger partial charge in [-0.25, -0.2) is 0 Å². The summed E-state index contributed by atoms with van der Waals surface area (Å²) in [6.07, 6.45) is 22.7. The van der Waals surface area contributed by atoms with Crippen LogP contribution in [0.15, 0.2) is 30.3 Å². The Morgan fingerprint density at radius 2 is 1.14 bits per heavy atom. The maximum absolute atomic E-state index is 2.32. The van der Waals surface area contributed by atoms with Gasteiger partial charge in [0.1, 0.15) is 0 Å². The maximum atomic E-state index is 2.32. The SMILES string of the molecule is CCCCCCCCCCC(CCCCCCCN(C)C)Cc1ccccc1. The smallest absolute Gasteiger partial charge is 0.00248 e. The lowest BCUT2D eigenvalue weighted by Gasteiger charge is -2.17. The molecule has 1 unspecified atom stereocenters. The summed E-state index contributed by atoms with van der Waals surface area (Å²) in [5.41, 5.74) is 1.54. The van der Waals surface area contributed by atoms with E-state index in [2.05, 4.69) is 56.3 Å². The highest BCUT2D eigenvalue weighted by Crippen LogP contribution is 2.23. The average Bonchev–Trinajstić information content (AvgIpc) is 2.69. The van der Waals surface area contributed by atoms with Crippen LogP contribution in [-0.4, -0.2) is 25.5 Å². The fourth-order valence-electron chi connectivity index (χ4n) is 4.25. The summed E-state index contributed by atoms with van der Waals surface area (Å²) in [6.45, 7) is 3.55. The minimum Gasteiger partial charge on any atom is -0.309 e. The van der Waals surface area contributed by atoms with Gasteiger partial charge in [-0.3, -0.25) is 0 Å². The molecule has 0 saturated heterocycles. The molecule has 1 aromatic carbocycles. The van der Waals surface area contributed by atoms with Gasteiger partial charge in [-0.15, -0.1) is 0 Å². The van der Waals surface area contributed by atoms with E-state index in [1.165, 1.54) is 115 Å². The number of benzene rings is 1. The second-order valence-electron chi connectivity index (χ2n) is 9.18. The van der Waals surface area contributed by atoms with Gasteiger partial charge in [0.05, 0.1) is 0 Å². The summed E-state index contributed by atoms with van der Waals surface area (Å²) in [5, 5.41) is 0. The Kier molecular flexibility index (Phi) is 16.4. The summed E-state index contributed by atoms with van der Waals surface area (Å²) in [6, 6.07) is 11.2. The Labute approximate surface area is 177 Å². The van der Waals surface area contributed by atoms with Crippen LogP contribution in [0.5, 0.6) is 0 Å². The molecule has 0 aliphatic heterocycles. The molecule has 0 heterocycles. The Morgan fingerprint density at radius 3 is 1.68 bits per heavy atom. The molecule has 0 radical (unpaired) electrons. The van der Waals surface area contributed by atoms with Crippen molar-refractivity contribution in [1.82, 2.24) is 4.90 Å². The van der Waals surface area contributed by atoms with E-state index in [0.29, 0.717) is 0 Å². The number of hydrogen-bond donors (Lipinski definition) is 0. The molecule has 162 valence electrons. The van der Waals surface area contributed by atoms with Crippen LogP contribution in [0.1, 0.15) is 109 Å². The van der Waals surface area contributed by atoms with Crippen molar-refractivity contribution in [2.45, 2.75) is 110 Å². The summed E-state index contributed by atoms with van der Waals surface area (Å²) >= 11 is 0. The first-order valence-corrected chi connectivity index (χ1v) is 12.4. The summed E-state index contributed by atoms with van der Waals surface area (Å²) in [7, 11) is 4.36. The van der Waals surface area contributed by atoms with Gasteiger partial charge in [0, 0.05) is 0 Å². The van der Waals surface area contributed by atoms with Crippen LogP contribution in [0.2, 0.25) is 0 Å². The predicted octanol–water partition coefficient (Wildman–Crippen LogP) is 8.28. The van der Waals surface area contributed by atoms with Gasteiger partial charge in [0.15, 0.2) is 0 Å². The van der Waals surface area contributed by atoms with E-state index in [1.54, 1.807) is 0 Å². The van der Waals surface area contributed by atoms with Crippen LogP contribution in [0.4, 0.5) is 0 Å².